The summed E-state index contributed by atoms with van der Waals surface area (Å²) in [6.45, 7) is 5.07. The van der Waals surface area contributed by atoms with Crippen LogP contribution in [0, 0.1) is 5.82 Å². The maximum absolute atomic E-state index is 12.9. The molecule has 5 heteroatoms. The highest BCUT2D eigenvalue weighted by atomic mass is 19.4. The molecule has 0 aliphatic carbocycles. The molecule has 0 atom stereocenters. The highest BCUT2D eigenvalue weighted by molar-refractivity contribution is 5.57. The third-order valence-electron chi connectivity index (χ3n) is 2.55. The third kappa shape index (κ3) is 5.03. The highest BCUT2D eigenvalue weighted by Gasteiger charge is 2.33. The Morgan fingerprint density at radius 2 is 2.00 bits per heavy atom. The molecular formula is C14H17F4N. The molecule has 106 valence electrons. The average molecular weight is 275 g/mol. The van der Waals surface area contributed by atoms with E-state index in [9.17, 15) is 17.6 Å². The fourth-order valence-electron chi connectivity index (χ4n) is 1.68. The molecule has 0 amide bonds. The summed E-state index contributed by atoms with van der Waals surface area (Å²) < 4.78 is 51.3. The molecule has 0 heterocycles. The van der Waals surface area contributed by atoms with Gasteiger partial charge in [0.25, 0.3) is 0 Å². The minimum absolute atomic E-state index is 0.00954. The van der Waals surface area contributed by atoms with Gasteiger partial charge in [0.15, 0.2) is 0 Å². The third-order valence-corrected chi connectivity index (χ3v) is 2.55. The second kappa shape index (κ2) is 6.70. The van der Waals surface area contributed by atoms with Gasteiger partial charge in [-0.2, -0.15) is 13.2 Å². The molecule has 1 N–H and O–H groups in total. The van der Waals surface area contributed by atoms with E-state index in [2.05, 4.69) is 5.32 Å². The van der Waals surface area contributed by atoms with E-state index in [4.69, 9.17) is 0 Å². The van der Waals surface area contributed by atoms with Crippen LogP contribution in [0.5, 0.6) is 0 Å². The van der Waals surface area contributed by atoms with Gasteiger partial charge in [-0.25, -0.2) is 4.39 Å². The number of hydrogen-bond acceptors (Lipinski definition) is 1. The summed E-state index contributed by atoms with van der Waals surface area (Å²) >= 11 is 0. The lowest BCUT2D eigenvalue weighted by atomic mass is 10.0. The normalized spacial score (nSPS) is 12.8. The van der Waals surface area contributed by atoms with Gasteiger partial charge in [0.05, 0.1) is 5.56 Å². The first-order valence-electron chi connectivity index (χ1n) is 6.09. The Balaban J connectivity index is 2.97. The van der Waals surface area contributed by atoms with E-state index >= 15 is 0 Å². The number of halogens is 4. The maximum Gasteiger partial charge on any atom is 0.417 e. The number of benzene rings is 1. The molecule has 0 bridgehead atoms. The Labute approximate surface area is 110 Å². The molecule has 0 aliphatic heterocycles. The van der Waals surface area contributed by atoms with Crippen molar-refractivity contribution in [1.82, 2.24) is 5.32 Å². The molecule has 19 heavy (non-hydrogen) atoms. The minimum atomic E-state index is -4.55. The van der Waals surface area contributed by atoms with E-state index in [0.29, 0.717) is 12.6 Å². The van der Waals surface area contributed by atoms with Crippen LogP contribution in [-0.2, 0) is 6.18 Å². The predicted octanol–water partition coefficient (Wildman–Crippen LogP) is 4.25. The van der Waals surface area contributed by atoms with Gasteiger partial charge >= 0.3 is 6.18 Å². The smallest absolute Gasteiger partial charge is 0.313 e. The van der Waals surface area contributed by atoms with E-state index < -0.39 is 17.6 Å². The first kappa shape index (κ1) is 15.7. The van der Waals surface area contributed by atoms with Gasteiger partial charge in [-0.05, 0) is 37.6 Å². The number of alkyl halides is 3. The predicted molar refractivity (Wildman–Crippen MR) is 68.2 cm³/mol. The minimum Gasteiger partial charge on any atom is -0.313 e. The SMILES string of the molecule is CCCNC/C(C)=C/c1ccc(F)cc1C(F)(F)F. The van der Waals surface area contributed by atoms with Gasteiger partial charge < -0.3 is 5.32 Å². The number of rotatable bonds is 5. The molecule has 0 saturated carbocycles. The van der Waals surface area contributed by atoms with Gasteiger partial charge in [0, 0.05) is 6.54 Å². The van der Waals surface area contributed by atoms with Crippen molar-refractivity contribution in [3.63, 3.8) is 0 Å². The van der Waals surface area contributed by atoms with Crippen LogP contribution in [0.4, 0.5) is 17.6 Å². The molecule has 0 aromatic heterocycles. The Kier molecular flexibility index (Phi) is 5.54. The summed E-state index contributed by atoms with van der Waals surface area (Å²) in [6, 6.07) is 2.72. The van der Waals surface area contributed by atoms with E-state index in [0.717, 1.165) is 30.7 Å². The molecule has 0 aliphatic rings. The number of hydrogen-bond donors (Lipinski definition) is 1. The van der Waals surface area contributed by atoms with Crippen molar-refractivity contribution in [2.24, 2.45) is 0 Å². The Bertz CT molecular complexity index is 449. The van der Waals surface area contributed by atoms with Gasteiger partial charge in [-0.3, -0.25) is 0 Å². The first-order chi connectivity index (χ1) is 8.84. The highest BCUT2D eigenvalue weighted by Crippen LogP contribution is 2.33. The lowest BCUT2D eigenvalue weighted by Gasteiger charge is -2.11. The van der Waals surface area contributed by atoms with Crippen molar-refractivity contribution in [1.29, 1.82) is 0 Å². The van der Waals surface area contributed by atoms with Gasteiger partial charge in [0.1, 0.15) is 5.82 Å². The van der Waals surface area contributed by atoms with Crippen molar-refractivity contribution in [3.05, 3.63) is 40.7 Å². The van der Waals surface area contributed by atoms with Crippen molar-refractivity contribution < 1.29 is 17.6 Å². The molecular weight excluding hydrogens is 258 g/mol. The molecule has 1 rings (SSSR count). The monoisotopic (exact) mass is 275 g/mol. The molecule has 0 spiro atoms. The van der Waals surface area contributed by atoms with Gasteiger partial charge in [-0.15, -0.1) is 0 Å². The topological polar surface area (TPSA) is 12.0 Å². The standard InChI is InChI=1S/C14H17F4N/c1-3-6-19-9-10(2)7-11-4-5-12(15)8-13(11)14(16,17)18/h4-5,7-8,19H,3,6,9H2,1-2H3/b10-7+. The zero-order valence-electron chi connectivity index (χ0n) is 10.9. The second-order valence-corrected chi connectivity index (χ2v) is 4.40. The van der Waals surface area contributed by atoms with Crippen LogP contribution in [0.1, 0.15) is 31.4 Å². The lowest BCUT2D eigenvalue weighted by Crippen LogP contribution is -2.16. The fourth-order valence-corrected chi connectivity index (χ4v) is 1.68. The summed E-state index contributed by atoms with van der Waals surface area (Å²) in [5, 5.41) is 3.10. The Morgan fingerprint density at radius 1 is 1.32 bits per heavy atom. The summed E-state index contributed by atoms with van der Waals surface area (Å²) in [5.74, 6) is -0.883. The van der Waals surface area contributed by atoms with Crippen LogP contribution in [0.3, 0.4) is 0 Å². The van der Waals surface area contributed by atoms with E-state index in [1.165, 1.54) is 6.08 Å². The lowest BCUT2D eigenvalue weighted by molar-refractivity contribution is -0.137. The molecule has 0 radical (unpaired) electrons. The number of nitrogens with one attached hydrogen (secondary N) is 1. The summed E-state index contributed by atoms with van der Waals surface area (Å²) in [6.07, 6.45) is -2.16. The summed E-state index contributed by atoms with van der Waals surface area (Å²) in [4.78, 5) is 0. The first-order valence-corrected chi connectivity index (χ1v) is 6.09. The van der Waals surface area contributed by atoms with Crippen LogP contribution < -0.4 is 5.32 Å². The molecule has 0 unspecified atom stereocenters. The maximum atomic E-state index is 12.9. The summed E-state index contributed by atoms with van der Waals surface area (Å²) in [7, 11) is 0. The van der Waals surface area contributed by atoms with E-state index in [1.807, 2.05) is 6.92 Å². The molecule has 0 fully saturated rings. The van der Waals surface area contributed by atoms with Crippen molar-refractivity contribution in [2.75, 3.05) is 13.1 Å². The van der Waals surface area contributed by atoms with Gasteiger partial charge in [-0.1, -0.05) is 24.6 Å². The average Bonchev–Trinajstić information content (AvgIpc) is 2.30. The van der Waals surface area contributed by atoms with Crippen LogP contribution in [0.15, 0.2) is 23.8 Å². The molecule has 1 aromatic carbocycles. The Morgan fingerprint density at radius 3 is 2.58 bits per heavy atom. The molecule has 1 aromatic rings. The quantitative estimate of drug-likeness (QED) is 0.626. The van der Waals surface area contributed by atoms with Crippen molar-refractivity contribution >= 4 is 6.08 Å². The van der Waals surface area contributed by atoms with Crippen LogP contribution in [0.25, 0.3) is 6.08 Å². The summed E-state index contributed by atoms with van der Waals surface area (Å²) in [5.41, 5.74) is -0.183. The zero-order chi connectivity index (χ0) is 14.5. The van der Waals surface area contributed by atoms with E-state index in [-0.39, 0.29) is 5.56 Å². The van der Waals surface area contributed by atoms with E-state index in [1.54, 1.807) is 6.92 Å². The Hall–Kier alpha value is -1.36. The molecule has 0 saturated heterocycles. The van der Waals surface area contributed by atoms with Crippen LogP contribution in [-0.4, -0.2) is 13.1 Å². The van der Waals surface area contributed by atoms with Crippen molar-refractivity contribution in [2.45, 2.75) is 26.4 Å². The molecule has 1 nitrogen and oxygen atoms in total. The fraction of sp³-hybridized carbons (Fsp3) is 0.429. The zero-order valence-corrected chi connectivity index (χ0v) is 10.9. The second-order valence-electron chi connectivity index (χ2n) is 4.40. The van der Waals surface area contributed by atoms with Crippen molar-refractivity contribution in [3.8, 4) is 0 Å². The van der Waals surface area contributed by atoms with Gasteiger partial charge in [0.2, 0.25) is 0 Å². The largest absolute Gasteiger partial charge is 0.417 e. The van der Waals surface area contributed by atoms with Crippen LogP contribution >= 0.6 is 0 Å². The van der Waals surface area contributed by atoms with Crippen LogP contribution in [0.2, 0.25) is 0 Å².